The summed E-state index contributed by atoms with van der Waals surface area (Å²) in [5, 5.41) is 3.31. The molecule has 8 nitrogen and oxygen atoms in total. The molecule has 0 unspecified atom stereocenters. The minimum absolute atomic E-state index is 0.159. The number of benzene rings is 2. The zero-order chi connectivity index (χ0) is 24.2. The zero-order valence-corrected chi connectivity index (χ0v) is 19.9. The molecule has 0 aliphatic rings. The third kappa shape index (κ3) is 4.80. The van der Waals surface area contributed by atoms with E-state index < -0.39 is 5.91 Å². The van der Waals surface area contributed by atoms with E-state index in [9.17, 15) is 4.79 Å². The smallest absolute Gasteiger partial charge is 0.293 e. The van der Waals surface area contributed by atoms with E-state index in [4.69, 9.17) is 18.9 Å². The van der Waals surface area contributed by atoms with Crippen molar-refractivity contribution in [2.24, 2.45) is 7.05 Å². The third-order valence-corrected chi connectivity index (χ3v) is 6.21. The second kappa shape index (κ2) is 9.86. The molecule has 0 aliphatic carbocycles. The van der Waals surface area contributed by atoms with Crippen LogP contribution in [0.15, 0.2) is 83.5 Å². The zero-order valence-electron chi connectivity index (χ0n) is 19.1. The second-order valence-electron chi connectivity index (χ2n) is 7.58. The summed E-state index contributed by atoms with van der Waals surface area (Å²) in [6.07, 6.45) is 3.61. The Morgan fingerprint density at radius 3 is 2.57 bits per heavy atom. The number of nitrogens with zero attached hydrogens (tertiary/aromatic N) is 3. The number of carbonyl (C=O) groups is 1. The molecule has 0 bridgehead atoms. The first-order valence-corrected chi connectivity index (χ1v) is 11.6. The summed E-state index contributed by atoms with van der Waals surface area (Å²) < 4.78 is 18.7. The summed E-state index contributed by atoms with van der Waals surface area (Å²) in [6.45, 7) is 0.159. The van der Waals surface area contributed by atoms with E-state index in [1.54, 1.807) is 31.5 Å². The van der Waals surface area contributed by atoms with E-state index in [1.165, 1.54) is 11.3 Å². The molecular formula is C26H22N4O4S. The maximum atomic E-state index is 12.9. The number of imidazole rings is 1. The van der Waals surface area contributed by atoms with Gasteiger partial charge in [-0.1, -0.05) is 53.8 Å². The number of thiazole rings is 1. The Morgan fingerprint density at radius 1 is 1.06 bits per heavy atom. The third-order valence-electron chi connectivity index (χ3n) is 5.24. The van der Waals surface area contributed by atoms with Crippen LogP contribution in [0.1, 0.15) is 16.3 Å². The number of furan rings is 1. The molecule has 5 rings (SSSR count). The van der Waals surface area contributed by atoms with E-state index in [1.807, 2.05) is 66.3 Å². The van der Waals surface area contributed by atoms with Gasteiger partial charge in [-0.05, 0) is 24.3 Å². The Labute approximate surface area is 205 Å². The van der Waals surface area contributed by atoms with Crippen molar-refractivity contribution in [3.63, 3.8) is 0 Å². The van der Waals surface area contributed by atoms with Crippen molar-refractivity contribution in [2.75, 3.05) is 12.4 Å². The lowest BCUT2D eigenvalue weighted by Crippen LogP contribution is -2.10. The fourth-order valence-electron chi connectivity index (χ4n) is 3.52. The van der Waals surface area contributed by atoms with Crippen LogP contribution in [0.2, 0.25) is 0 Å². The topological polar surface area (TPSA) is 91.4 Å². The second-order valence-corrected chi connectivity index (χ2v) is 8.58. The Morgan fingerprint density at radius 2 is 1.83 bits per heavy atom. The molecule has 9 heteroatoms. The van der Waals surface area contributed by atoms with Gasteiger partial charge in [-0.15, -0.1) is 0 Å². The highest BCUT2D eigenvalue weighted by molar-refractivity contribution is 7.19. The van der Waals surface area contributed by atoms with Crippen LogP contribution in [0.4, 0.5) is 5.13 Å². The predicted octanol–water partition coefficient (Wildman–Crippen LogP) is 5.64. The number of para-hydroxylation sites is 2. The van der Waals surface area contributed by atoms with E-state index in [0.717, 1.165) is 22.0 Å². The molecule has 0 atom stereocenters. The lowest BCUT2D eigenvalue weighted by Gasteiger charge is -2.08. The molecule has 176 valence electrons. The molecule has 1 amide bonds. The SMILES string of the molecule is COc1ccccc1OCc1ccc(C(=O)Nc2nc(-c3ccccc3)c(-c3nccn3C)s2)o1. The number of rotatable bonds is 8. The molecule has 0 saturated heterocycles. The normalized spacial score (nSPS) is 10.8. The molecular weight excluding hydrogens is 464 g/mol. The van der Waals surface area contributed by atoms with Gasteiger partial charge in [0.1, 0.15) is 12.4 Å². The van der Waals surface area contributed by atoms with Gasteiger partial charge in [-0.3, -0.25) is 10.1 Å². The summed E-state index contributed by atoms with van der Waals surface area (Å²) in [5.74, 6) is 2.27. The fraction of sp³-hybridized carbons (Fsp3) is 0.115. The number of aromatic nitrogens is 3. The predicted molar refractivity (Wildman–Crippen MR) is 134 cm³/mol. The number of anilines is 1. The van der Waals surface area contributed by atoms with Gasteiger partial charge < -0.3 is 18.5 Å². The average molecular weight is 487 g/mol. The van der Waals surface area contributed by atoms with Gasteiger partial charge >= 0.3 is 0 Å². The Hall–Kier alpha value is -4.37. The maximum Gasteiger partial charge on any atom is 0.293 e. The maximum absolute atomic E-state index is 12.9. The van der Waals surface area contributed by atoms with Crippen LogP contribution in [0.5, 0.6) is 11.5 Å². The molecule has 0 aliphatic heterocycles. The van der Waals surface area contributed by atoms with Crippen molar-refractivity contribution in [1.29, 1.82) is 0 Å². The lowest BCUT2D eigenvalue weighted by atomic mass is 10.1. The molecule has 0 saturated carbocycles. The first kappa shape index (κ1) is 22.4. The van der Waals surface area contributed by atoms with Crippen LogP contribution in [0.3, 0.4) is 0 Å². The average Bonchev–Trinajstić information content (AvgIpc) is 3.63. The first-order chi connectivity index (χ1) is 17.1. The summed E-state index contributed by atoms with van der Waals surface area (Å²) in [5.41, 5.74) is 1.70. The molecule has 35 heavy (non-hydrogen) atoms. The van der Waals surface area contributed by atoms with Crippen LogP contribution in [-0.4, -0.2) is 27.6 Å². The molecule has 1 N–H and O–H groups in total. The minimum Gasteiger partial charge on any atom is -0.493 e. The van der Waals surface area contributed by atoms with Crippen LogP contribution in [0, 0.1) is 0 Å². The quantitative estimate of drug-likeness (QED) is 0.305. The Bertz CT molecular complexity index is 1460. The van der Waals surface area contributed by atoms with Gasteiger partial charge in [0.25, 0.3) is 5.91 Å². The number of methoxy groups -OCH3 is 1. The number of aryl methyl sites for hydroxylation is 1. The molecule has 0 radical (unpaired) electrons. The number of hydrogen-bond donors (Lipinski definition) is 1. The Kier molecular flexibility index (Phi) is 6.32. The number of carbonyl (C=O) groups excluding carboxylic acids is 1. The number of hydrogen-bond acceptors (Lipinski definition) is 7. The van der Waals surface area contributed by atoms with Gasteiger partial charge in [0.05, 0.1) is 17.7 Å². The van der Waals surface area contributed by atoms with Crippen LogP contribution >= 0.6 is 11.3 Å². The largest absolute Gasteiger partial charge is 0.493 e. The summed E-state index contributed by atoms with van der Waals surface area (Å²) in [4.78, 5) is 22.9. The van der Waals surface area contributed by atoms with Crippen molar-refractivity contribution >= 4 is 22.4 Å². The molecule has 2 aromatic carbocycles. The molecule has 3 aromatic heterocycles. The van der Waals surface area contributed by atoms with E-state index >= 15 is 0 Å². The number of nitrogens with one attached hydrogen (secondary N) is 1. The highest BCUT2D eigenvalue weighted by Gasteiger charge is 2.20. The van der Waals surface area contributed by atoms with Gasteiger partial charge in [-0.25, -0.2) is 9.97 Å². The van der Waals surface area contributed by atoms with Gasteiger partial charge in [-0.2, -0.15) is 0 Å². The highest BCUT2D eigenvalue weighted by atomic mass is 32.1. The van der Waals surface area contributed by atoms with Crippen LogP contribution in [-0.2, 0) is 13.7 Å². The van der Waals surface area contributed by atoms with Crippen molar-refractivity contribution < 1.29 is 18.7 Å². The summed E-state index contributed by atoms with van der Waals surface area (Å²) in [7, 11) is 3.51. The van der Waals surface area contributed by atoms with Crippen molar-refractivity contribution in [1.82, 2.24) is 14.5 Å². The molecule has 0 spiro atoms. The van der Waals surface area contributed by atoms with Crippen molar-refractivity contribution in [3.05, 3.63) is 90.6 Å². The monoisotopic (exact) mass is 486 g/mol. The minimum atomic E-state index is -0.395. The fourth-order valence-corrected chi connectivity index (χ4v) is 4.55. The molecule has 5 aromatic rings. The van der Waals surface area contributed by atoms with E-state index in [-0.39, 0.29) is 12.4 Å². The standard InChI is InChI=1S/C26H22N4O4S/c1-30-15-14-27-24(30)23-22(17-8-4-3-5-9-17)28-26(35-23)29-25(31)21-13-12-18(34-21)16-33-20-11-7-6-10-19(20)32-2/h3-15H,16H2,1-2H3,(H,28,29,31). The number of amides is 1. The molecule has 0 fully saturated rings. The summed E-state index contributed by atoms with van der Waals surface area (Å²) >= 11 is 1.36. The van der Waals surface area contributed by atoms with Crippen LogP contribution < -0.4 is 14.8 Å². The van der Waals surface area contributed by atoms with Gasteiger partial charge in [0, 0.05) is 25.0 Å². The lowest BCUT2D eigenvalue weighted by molar-refractivity contribution is 0.0992. The van der Waals surface area contributed by atoms with E-state index in [0.29, 0.717) is 22.4 Å². The van der Waals surface area contributed by atoms with Crippen molar-refractivity contribution in [2.45, 2.75) is 6.61 Å². The van der Waals surface area contributed by atoms with Gasteiger partial charge in [0.15, 0.2) is 28.2 Å². The van der Waals surface area contributed by atoms with Crippen molar-refractivity contribution in [3.8, 4) is 33.5 Å². The van der Waals surface area contributed by atoms with Gasteiger partial charge in [0.2, 0.25) is 0 Å². The molecule has 3 heterocycles. The van der Waals surface area contributed by atoms with E-state index in [2.05, 4.69) is 10.3 Å². The number of ether oxygens (including phenoxy) is 2. The highest BCUT2D eigenvalue weighted by Crippen LogP contribution is 2.38. The summed E-state index contributed by atoms with van der Waals surface area (Å²) in [6, 6.07) is 20.5. The Balaban J connectivity index is 1.34. The first-order valence-electron chi connectivity index (χ1n) is 10.8. The van der Waals surface area contributed by atoms with Crippen LogP contribution in [0.25, 0.3) is 22.0 Å².